The van der Waals surface area contributed by atoms with Gasteiger partial charge in [0.2, 0.25) is 17.7 Å². The summed E-state index contributed by atoms with van der Waals surface area (Å²) in [5.74, 6) is -2.89. The molecule has 16 nitrogen and oxygen atoms in total. The summed E-state index contributed by atoms with van der Waals surface area (Å²) in [5.41, 5.74) is -0.566. The fourth-order valence-corrected chi connectivity index (χ4v) is 9.01. The molecule has 4 fully saturated rings. The molecule has 1 spiro atoms. The van der Waals surface area contributed by atoms with Crippen molar-refractivity contribution in [1.29, 1.82) is 0 Å². The lowest BCUT2D eigenvalue weighted by atomic mass is 9.70. The maximum atomic E-state index is 14.7. The average Bonchev–Trinajstić information content (AvgIpc) is 3.58. The van der Waals surface area contributed by atoms with Crippen molar-refractivity contribution in [3.8, 4) is 0 Å². The van der Waals surface area contributed by atoms with Crippen molar-refractivity contribution >= 4 is 29.6 Å². The third-order valence-electron chi connectivity index (χ3n) is 13.3. The van der Waals surface area contributed by atoms with E-state index < -0.39 is 52.5 Å². The summed E-state index contributed by atoms with van der Waals surface area (Å²) >= 11 is 0. The van der Waals surface area contributed by atoms with E-state index in [0.29, 0.717) is 37.7 Å². The molecular formula is C45H60N6O10. The van der Waals surface area contributed by atoms with Crippen molar-refractivity contribution in [1.82, 2.24) is 30.2 Å². The standard InChI is InChI=1S/C45H60N6O10/c1-28-35(61-42(57)60-28)23-59-41(56)44(5,6)24-46-38(53)36(29(2)58-22-31-15-11-8-12-16-31)48-37(52)34-21-49(25-45(34)26-50(27-45)40(55)33-17-43(33,3)4)39(54)32-18-47-51(20-32)19-30-13-9-7-10-14-30/h7,9-10,13-14,18,20,29,31,33-34,36H,8,11-12,15-17,19,21-27H2,1-6H3,(H,46,53)(H,48,52)/t29-,33-,34+,36+/m1/s1. The van der Waals surface area contributed by atoms with Gasteiger partial charge in [-0.3, -0.25) is 28.7 Å². The Morgan fingerprint density at radius 2 is 1.67 bits per heavy atom. The number of rotatable bonds is 16. The molecule has 2 aromatic heterocycles. The molecule has 0 unspecified atom stereocenters. The van der Waals surface area contributed by atoms with Gasteiger partial charge in [-0.25, -0.2) is 4.79 Å². The molecule has 3 aromatic rings. The van der Waals surface area contributed by atoms with E-state index >= 15 is 0 Å². The maximum Gasteiger partial charge on any atom is 0.519 e. The molecule has 2 saturated carbocycles. The van der Waals surface area contributed by atoms with Crippen LogP contribution in [-0.2, 0) is 41.8 Å². The zero-order valence-corrected chi connectivity index (χ0v) is 36.2. The normalized spacial score (nSPS) is 21.7. The molecule has 0 bridgehead atoms. The Morgan fingerprint density at radius 1 is 0.984 bits per heavy atom. The van der Waals surface area contributed by atoms with Crippen LogP contribution in [-0.4, -0.2) is 101 Å². The predicted molar refractivity (Wildman–Crippen MR) is 221 cm³/mol. The first-order valence-corrected chi connectivity index (χ1v) is 21.6. The first-order valence-electron chi connectivity index (χ1n) is 21.6. The number of likely N-dealkylation sites (tertiary alicyclic amines) is 2. The van der Waals surface area contributed by atoms with E-state index in [1.165, 1.54) is 19.5 Å². The Bertz CT molecular complexity index is 2140. The second kappa shape index (κ2) is 17.6. The number of benzene rings is 1. The number of hydrogen-bond acceptors (Lipinski definition) is 11. The van der Waals surface area contributed by atoms with Gasteiger partial charge in [0.15, 0.2) is 18.1 Å². The molecule has 1 aromatic carbocycles. The van der Waals surface area contributed by atoms with Crippen LogP contribution in [0.15, 0.2) is 56.4 Å². The number of amides is 4. The van der Waals surface area contributed by atoms with Crippen LogP contribution in [0.2, 0.25) is 0 Å². The molecule has 4 aliphatic rings. The third kappa shape index (κ3) is 9.95. The molecule has 61 heavy (non-hydrogen) atoms. The van der Waals surface area contributed by atoms with E-state index in [-0.39, 0.29) is 60.9 Å². The van der Waals surface area contributed by atoms with Gasteiger partial charge in [0.25, 0.3) is 5.91 Å². The number of esters is 1. The van der Waals surface area contributed by atoms with Crippen LogP contribution >= 0.6 is 0 Å². The monoisotopic (exact) mass is 844 g/mol. The molecule has 2 N–H and O–H groups in total. The van der Waals surface area contributed by atoms with Gasteiger partial charge >= 0.3 is 11.8 Å². The number of aromatic nitrogens is 2. The number of hydrogen-bond donors (Lipinski definition) is 2. The summed E-state index contributed by atoms with van der Waals surface area (Å²) in [6, 6.07) is 8.66. The molecule has 2 saturated heterocycles. The first kappa shape index (κ1) is 43.8. The quantitative estimate of drug-likeness (QED) is 0.197. The van der Waals surface area contributed by atoms with E-state index in [9.17, 15) is 28.8 Å². The Hall–Kier alpha value is -5.25. The molecule has 2 aliphatic carbocycles. The van der Waals surface area contributed by atoms with Crippen LogP contribution in [0.1, 0.15) is 101 Å². The van der Waals surface area contributed by atoms with Gasteiger partial charge in [0, 0.05) is 56.9 Å². The summed E-state index contributed by atoms with van der Waals surface area (Å²) < 4.78 is 23.2. The van der Waals surface area contributed by atoms with Crippen molar-refractivity contribution in [2.75, 3.05) is 39.3 Å². The van der Waals surface area contributed by atoms with E-state index in [2.05, 4.69) is 29.6 Å². The van der Waals surface area contributed by atoms with Gasteiger partial charge in [-0.1, -0.05) is 63.4 Å². The molecule has 0 radical (unpaired) electrons. The zero-order valence-electron chi connectivity index (χ0n) is 36.2. The largest absolute Gasteiger partial charge is 0.519 e. The molecule has 4 atom stereocenters. The minimum Gasteiger partial charge on any atom is -0.457 e. The van der Waals surface area contributed by atoms with E-state index in [1.807, 2.05) is 30.3 Å². The second-order valence-electron chi connectivity index (χ2n) is 19.1. The molecule has 4 amide bonds. The SMILES string of the molecule is Cc1oc(=O)oc1COC(=O)C(C)(C)CNC(=O)[C@@H](NC(=O)[C@@H]1CN(C(=O)c2cnn(Cc3ccccc3)c2)CC12CN(C(=O)[C@H]1CC1(C)C)C2)[C@@H](C)OCC1CCCCC1. The number of aryl methyl sites for hydroxylation is 1. The molecule has 7 rings (SSSR count). The summed E-state index contributed by atoms with van der Waals surface area (Å²) in [7, 11) is 0. The summed E-state index contributed by atoms with van der Waals surface area (Å²) in [4.78, 5) is 84.5. The highest BCUT2D eigenvalue weighted by Gasteiger charge is 2.62. The highest BCUT2D eigenvalue weighted by Crippen LogP contribution is 2.54. The number of carbonyl (C=O) groups excluding carboxylic acids is 5. The zero-order chi connectivity index (χ0) is 43.7. The number of carbonyl (C=O) groups is 5. The Balaban J connectivity index is 1.06. The molecule has 2 aliphatic heterocycles. The van der Waals surface area contributed by atoms with Crippen molar-refractivity contribution in [2.45, 2.75) is 105 Å². The van der Waals surface area contributed by atoms with Gasteiger partial charge in [-0.15, -0.1) is 0 Å². The van der Waals surface area contributed by atoms with Crippen LogP contribution in [0, 0.1) is 40.9 Å². The fourth-order valence-electron chi connectivity index (χ4n) is 9.01. The van der Waals surface area contributed by atoms with Gasteiger partial charge in [-0.05, 0) is 63.9 Å². The minimum atomic E-state index is -1.21. The fraction of sp³-hybridized carbons (Fsp3) is 0.622. The van der Waals surface area contributed by atoms with Gasteiger partial charge in [0.1, 0.15) is 6.04 Å². The Labute approximate surface area is 356 Å². The number of nitrogens with one attached hydrogen (secondary N) is 2. The van der Waals surface area contributed by atoms with Gasteiger partial charge in [0.05, 0.1) is 35.7 Å². The summed E-state index contributed by atoms with van der Waals surface area (Å²) in [6.45, 7) is 12.1. The number of ether oxygens (including phenoxy) is 2. The first-order chi connectivity index (χ1) is 28.9. The van der Waals surface area contributed by atoms with E-state index in [0.717, 1.165) is 37.7 Å². The number of nitrogens with zero attached hydrogens (tertiary/aromatic N) is 4. The maximum absolute atomic E-state index is 14.7. The molecular weight excluding hydrogens is 785 g/mol. The smallest absolute Gasteiger partial charge is 0.457 e. The Kier molecular flexibility index (Phi) is 12.7. The van der Waals surface area contributed by atoms with Gasteiger partial charge in [-0.2, -0.15) is 5.10 Å². The third-order valence-corrected chi connectivity index (χ3v) is 13.3. The minimum absolute atomic E-state index is 0.0642. The van der Waals surface area contributed by atoms with Crippen LogP contribution < -0.4 is 16.5 Å². The summed E-state index contributed by atoms with van der Waals surface area (Å²) in [6.07, 6.45) is 8.79. The van der Waals surface area contributed by atoms with Crippen LogP contribution in [0.5, 0.6) is 0 Å². The lowest BCUT2D eigenvalue weighted by Gasteiger charge is -2.50. The average molecular weight is 845 g/mol. The van der Waals surface area contributed by atoms with Crippen LogP contribution in [0.25, 0.3) is 0 Å². The lowest BCUT2D eigenvalue weighted by molar-refractivity contribution is -0.156. The summed E-state index contributed by atoms with van der Waals surface area (Å²) in [5, 5.41) is 10.3. The van der Waals surface area contributed by atoms with Crippen molar-refractivity contribution in [3.63, 3.8) is 0 Å². The van der Waals surface area contributed by atoms with Crippen LogP contribution in [0.4, 0.5) is 0 Å². The van der Waals surface area contributed by atoms with E-state index in [1.54, 1.807) is 41.4 Å². The van der Waals surface area contributed by atoms with Crippen molar-refractivity contribution in [2.24, 2.45) is 34.0 Å². The van der Waals surface area contributed by atoms with Crippen LogP contribution in [0.3, 0.4) is 0 Å². The highest BCUT2D eigenvalue weighted by atomic mass is 16.6. The van der Waals surface area contributed by atoms with Crippen molar-refractivity contribution in [3.05, 3.63) is 76.0 Å². The lowest BCUT2D eigenvalue weighted by Crippen LogP contribution is -2.65. The van der Waals surface area contributed by atoms with E-state index in [4.69, 9.17) is 18.3 Å². The highest BCUT2D eigenvalue weighted by molar-refractivity contribution is 5.96. The molecule has 330 valence electrons. The Morgan fingerprint density at radius 3 is 2.33 bits per heavy atom. The molecule has 4 heterocycles. The van der Waals surface area contributed by atoms with Crippen molar-refractivity contribution < 1.29 is 42.3 Å². The second-order valence-corrected chi connectivity index (χ2v) is 19.1. The predicted octanol–water partition coefficient (Wildman–Crippen LogP) is 4.09. The topological polar surface area (TPSA) is 196 Å². The van der Waals surface area contributed by atoms with Gasteiger partial charge < -0.3 is 38.7 Å². The molecule has 16 heteroatoms.